The van der Waals surface area contributed by atoms with E-state index in [9.17, 15) is 13.6 Å². The van der Waals surface area contributed by atoms with Crippen molar-refractivity contribution in [3.63, 3.8) is 0 Å². The topological polar surface area (TPSA) is 44.4 Å². The maximum atomic E-state index is 13.7. The van der Waals surface area contributed by atoms with Crippen molar-refractivity contribution in [1.82, 2.24) is 15.5 Å². The fraction of sp³-hybridized carbons (Fsp3) is 0.611. The highest BCUT2D eigenvalue weighted by Crippen LogP contribution is 2.34. The molecule has 0 spiro atoms. The van der Waals surface area contributed by atoms with Crippen LogP contribution in [0, 0.1) is 11.6 Å². The number of amides is 1. The van der Waals surface area contributed by atoms with Crippen LogP contribution >= 0.6 is 0 Å². The van der Waals surface area contributed by atoms with Crippen LogP contribution in [0.1, 0.15) is 44.7 Å². The number of carbonyl (C=O) groups is 1. The lowest BCUT2D eigenvalue weighted by molar-refractivity contribution is -0.123. The average Bonchev–Trinajstić information content (AvgIpc) is 3.19. The molecule has 2 fully saturated rings. The maximum Gasteiger partial charge on any atom is 0.237 e. The lowest BCUT2D eigenvalue weighted by atomic mass is 9.98. The summed E-state index contributed by atoms with van der Waals surface area (Å²) < 4.78 is 27.0. The van der Waals surface area contributed by atoms with Crippen molar-refractivity contribution in [3.05, 3.63) is 35.4 Å². The zero-order chi connectivity index (χ0) is 17.3. The van der Waals surface area contributed by atoms with E-state index >= 15 is 0 Å². The van der Waals surface area contributed by atoms with E-state index in [2.05, 4.69) is 29.4 Å². The zero-order valence-electron chi connectivity index (χ0n) is 14.2. The van der Waals surface area contributed by atoms with Crippen molar-refractivity contribution in [2.24, 2.45) is 0 Å². The molecular weight excluding hydrogens is 312 g/mol. The Morgan fingerprint density at radius 2 is 2.08 bits per heavy atom. The molecule has 0 radical (unpaired) electrons. The fourth-order valence-corrected chi connectivity index (χ4v) is 3.86. The quantitative estimate of drug-likeness (QED) is 0.886. The molecule has 132 valence electrons. The van der Waals surface area contributed by atoms with Crippen molar-refractivity contribution >= 4 is 5.91 Å². The van der Waals surface area contributed by atoms with Gasteiger partial charge in [0.1, 0.15) is 0 Å². The Bertz CT molecular complexity index is 602. The van der Waals surface area contributed by atoms with Gasteiger partial charge in [-0.3, -0.25) is 9.69 Å². The van der Waals surface area contributed by atoms with Crippen molar-refractivity contribution < 1.29 is 13.6 Å². The summed E-state index contributed by atoms with van der Waals surface area (Å²) in [5, 5.41) is 6.33. The summed E-state index contributed by atoms with van der Waals surface area (Å²) in [5.74, 6) is -1.68. The second-order valence-electron chi connectivity index (χ2n) is 7.00. The number of nitrogens with zero attached hydrogens (tertiary/aromatic N) is 1. The van der Waals surface area contributed by atoms with Crippen molar-refractivity contribution in [2.45, 2.75) is 57.3 Å². The fourth-order valence-electron chi connectivity index (χ4n) is 3.86. The van der Waals surface area contributed by atoms with Crippen LogP contribution in [-0.2, 0) is 4.79 Å². The summed E-state index contributed by atoms with van der Waals surface area (Å²) in [7, 11) is 0. The van der Waals surface area contributed by atoms with Gasteiger partial charge in [0.15, 0.2) is 11.6 Å². The van der Waals surface area contributed by atoms with E-state index in [1.54, 1.807) is 6.07 Å². The Hall–Kier alpha value is -1.53. The van der Waals surface area contributed by atoms with Crippen molar-refractivity contribution in [3.8, 4) is 0 Å². The van der Waals surface area contributed by atoms with Gasteiger partial charge in [-0.1, -0.05) is 6.07 Å². The predicted octanol–water partition coefficient (Wildman–Crippen LogP) is 2.36. The molecule has 0 bridgehead atoms. The summed E-state index contributed by atoms with van der Waals surface area (Å²) in [6, 6.07) is 3.94. The molecule has 2 aliphatic rings. The third kappa shape index (κ3) is 3.44. The number of hydrogen-bond acceptors (Lipinski definition) is 3. The normalized spacial score (nSPS) is 27.8. The molecule has 0 saturated carbocycles. The SMILES string of the molecule is CC(C)N1CC[C@H](NC(=O)[C@H]2CCCN2)[C@H]1c1ccc(F)c(F)c1. The minimum Gasteiger partial charge on any atom is -0.350 e. The van der Waals surface area contributed by atoms with Gasteiger partial charge in [-0.25, -0.2) is 8.78 Å². The molecule has 24 heavy (non-hydrogen) atoms. The number of likely N-dealkylation sites (tertiary alicyclic amines) is 1. The molecule has 0 aromatic heterocycles. The number of nitrogens with one attached hydrogen (secondary N) is 2. The smallest absolute Gasteiger partial charge is 0.237 e. The van der Waals surface area contributed by atoms with Crippen molar-refractivity contribution in [2.75, 3.05) is 13.1 Å². The molecule has 2 heterocycles. The van der Waals surface area contributed by atoms with Crippen LogP contribution in [0.5, 0.6) is 0 Å². The monoisotopic (exact) mass is 337 g/mol. The van der Waals surface area contributed by atoms with E-state index in [0.29, 0.717) is 5.56 Å². The van der Waals surface area contributed by atoms with Crippen molar-refractivity contribution in [1.29, 1.82) is 0 Å². The van der Waals surface area contributed by atoms with Gasteiger partial charge in [0.2, 0.25) is 5.91 Å². The Morgan fingerprint density at radius 3 is 2.71 bits per heavy atom. The van der Waals surface area contributed by atoms with Gasteiger partial charge in [-0.15, -0.1) is 0 Å². The molecular formula is C18H25F2N3O. The molecule has 2 saturated heterocycles. The molecule has 3 rings (SSSR count). The second kappa shape index (κ2) is 7.15. The van der Waals surface area contributed by atoms with Gasteiger partial charge < -0.3 is 10.6 Å². The van der Waals surface area contributed by atoms with Gasteiger partial charge in [-0.2, -0.15) is 0 Å². The first-order valence-corrected chi connectivity index (χ1v) is 8.72. The van der Waals surface area contributed by atoms with Crippen LogP contribution in [-0.4, -0.2) is 42.0 Å². The number of carbonyl (C=O) groups excluding carboxylic acids is 1. The molecule has 2 aliphatic heterocycles. The number of rotatable bonds is 4. The highest BCUT2D eigenvalue weighted by atomic mass is 19.2. The predicted molar refractivity (Wildman–Crippen MR) is 88.5 cm³/mol. The Morgan fingerprint density at radius 1 is 1.29 bits per heavy atom. The minimum atomic E-state index is -0.844. The summed E-state index contributed by atoms with van der Waals surface area (Å²) in [6.07, 6.45) is 2.66. The van der Waals surface area contributed by atoms with Crippen LogP contribution < -0.4 is 10.6 Å². The van der Waals surface area contributed by atoms with Crippen LogP contribution in [0.2, 0.25) is 0 Å². The Kier molecular flexibility index (Phi) is 5.15. The molecule has 0 aliphatic carbocycles. The molecule has 1 aromatic carbocycles. The Labute approximate surface area is 141 Å². The van der Waals surface area contributed by atoms with E-state index in [1.165, 1.54) is 12.1 Å². The van der Waals surface area contributed by atoms with E-state index in [0.717, 1.165) is 32.4 Å². The van der Waals surface area contributed by atoms with E-state index in [4.69, 9.17) is 0 Å². The maximum absolute atomic E-state index is 13.7. The number of benzene rings is 1. The molecule has 4 nitrogen and oxygen atoms in total. The second-order valence-corrected chi connectivity index (χ2v) is 7.00. The van der Waals surface area contributed by atoms with Crippen LogP contribution in [0.25, 0.3) is 0 Å². The summed E-state index contributed by atoms with van der Waals surface area (Å²) in [4.78, 5) is 14.7. The largest absolute Gasteiger partial charge is 0.350 e. The Balaban J connectivity index is 1.81. The summed E-state index contributed by atoms with van der Waals surface area (Å²) in [6.45, 7) is 5.85. The standard InChI is InChI=1S/C18H25F2N3O/c1-11(2)23-9-7-15(22-18(24)16-4-3-8-21-16)17(23)12-5-6-13(19)14(20)10-12/h5-6,10-11,15-17,21H,3-4,7-9H2,1-2H3,(H,22,24)/t15-,16+,17+/m0/s1. The third-order valence-corrected chi connectivity index (χ3v) is 5.09. The van der Waals surface area contributed by atoms with Gasteiger partial charge in [-0.05, 0) is 57.4 Å². The number of hydrogen-bond donors (Lipinski definition) is 2. The van der Waals surface area contributed by atoms with E-state index in [1.807, 2.05) is 0 Å². The van der Waals surface area contributed by atoms with Gasteiger partial charge in [0, 0.05) is 18.6 Å². The summed E-state index contributed by atoms with van der Waals surface area (Å²) in [5.41, 5.74) is 0.713. The van der Waals surface area contributed by atoms with Gasteiger partial charge in [0.25, 0.3) is 0 Å². The minimum absolute atomic E-state index is 0.00990. The van der Waals surface area contributed by atoms with Crippen LogP contribution in [0.3, 0.4) is 0 Å². The molecule has 0 unspecified atom stereocenters. The van der Waals surface area contributed by atoms with Gasteiger partial charge in [0.05, 0.1) is 12.1 Å². The first-order chi connectivity index (χ1) is 11.5. The lowest BCUT2D eigenvalue weighted by Crippen LogP contribution is -2.47. The average molecular weight is 337 g/mol. The lowest BCUT2D eigenvalue weighted by Gasteiger charge is -2.32. The molecule has 2 N–H and O–H groups in total. The highest BCUT2D eigenvalue weighted by molar-refractivity contribution is 5.82. The first kappa shape index (κ1) is 17.3. The molecule has 1 aromatic rings. The summed E-state index contributed by atoms with van der Waals surface area (Å²) >= 11 is 0. The molecule has 6 heteroatoms. The van der Waals surface area contributed by atoms with Crippen LogP contribution in [0.15, 0.2) is 18.2 Å². The zero-order valence-corrected chi connectivity index (χ0v) is 14.2. The first-order valence-electron chi connectivity index (χ1n) is 8.72. The van der Waals surface area contributed by atoms with Gasteiger partial charge >= 0.3 is 0 Å². The highest BCUT2D eigenvalue weighted by Gasteiger charge is 2.38. The van der Waals surface area contributed by atoms with E-state index in [-0.39, 0.29) is 30.1 Å². The molecule has 3 atom stereocenters. The van der Waals surface area contributed by atoms with E-state index < -0.39 is 11.6 Å². The third-order valence-electron chi connectivity index (χ3n) is 5.09. The van der Waals surface area contributed by atoms with Crippen LogP contribution in [0.4, 0.5) is 8.78 Å². The molecule has 1 amide bonds. The number of halogens is 2.